The van der Waals surface area contributed by atoms with Gasteiger partial charge in [0.2, 0.25) is 0 Å². The zero-order valence-electron chi connectivity index (χ0n) is 21.5. The van der Waals surface area contributed by atoms with Crippen LogP contribution in [0, 0.1) is 6.92 Å². The molecular formula is C28H34N4O4. The van der Waals surface area contributed by atoms with Crippen LogP contribution in [0.1, 0.15) is 65.6 Å². The third kappa shape index (κ3) is 5.76. The third-order valence-electron chi connectivity index (χ3n) is 6.46. The highest BCUT2D eigenvalue weighted by Crippen LogP contribution is 2.30. The molecule has 0 bridgehead atoms. The number of ether oxygens (including phenoxy) is 2. The lowest BCUT2D eigenvalue weighted by atomic mass is 9.86. The van der Waals surface area contributed by atoms with Gasteiger partial charge >= 0.3 is 0 Å². The van der Waals surface area contributed by atoms with E-state index in [0.29, 0.717) is 41.6 Å². The maximum Gasteiger partial charge on any atom is 0.269 e. The van der Waals surface area contributed by atoms with Crippen molar-refractivity contribution in [1.82, 2.24) is 15.5 Å². The van der Waals surface area contributed by atoms with E-state index in [-0.39, 0.29) is 23.3 Å². The summed E-state index contributed by atoms with van der Waals surface area (Å²) in [5.74, 6) is 0.0696. The van der Waals surface area contributed by atoms with Crippen LogP contribution in [0.2, 0.25) is 0 Å². The molecule has 8 heteroatoms. The molecule has 0 atom stereocenters. The summed E-state index contributed by atoms with van der Waals surface area (Å²) >= 11 is 0. The molecule has 3 N–H and O–H groups in total. The Bertz CT molecular complexity index is 1250. The Balaban J connectivity index is 1.53. The van der Waals surface area contributed by atoms with Crippen LogP contribution < -0.4 is 15.4 Å². The predicted octanol–water partition coefficient (Wildman–Crippen LogP) is 4.85. The molecule has 2 aromatic carbocycles. The lowest BCUT2D eigenvalue weighted by molar-refractivity contribution is 0.0694. The number of carbonyl (C=O) groups excluding carboxylic acids is 2. The summed E-state index contributed by atoms with van der Waals surface area (Å²) in [7, 11) is 1.56. The highest BCUT2D eigenvalue weighted by Gasteiger charge is 2.21. The van der Waals surface area contributed by atoms with Crippen molar-refractivity contribution in [3.05, 3.63) is 64.8 Å². The molecule has 8 nitrogen and oxygen atoms in total. The average Bonchev–Trinajstić information content (AvgIpc) is 3.35. The van der Waals surface area contributed by atoms with Gasteiger partial charge in [-0.2, -0.15) is 5.10 Å². The number of H-pyrrole nitrogens is 1. The number of nitrogens with zero attached hydrogens (tertiary/aromatic N) is 1. The minimum atomic E-state index is -0.258. The Morgan fingerprint density at radius 3 is 2.50 bits per heavy atom. The lowest BCUT2D eigenvalue weighted by Crippen LogP contribution is -2.39. The van der Waals surface area contributed by atoms with Crippen molar-refractivity contribution in [2.45, 2.75) is 52.0 Å². The Hall–Kier alpha value is -3.65. The highest BCUT2D eigenvalue weighted by atomic mass is 16.5. The van der Waals surface area contributed by atoms with Gasteiger partial charge in [-0.15, -0.1) is 0 Å². The molecule has 1 saturated heterocycles. The summed E-state index contributed by atoms with van der Waals surface area (Å²) in [5, 5.41) is 13.2. The van der Waals surface area contributed by atoms with Crippen molar-refractivity contribution < 1.29 is 19.1 Å². The molecule has 0 aliphatic carbocycles. The molecule has 0 unspecified atom stereocenters. The van der Waals surface area contributed by atoms with Gasteiger partial charge in [-0.05, 0) is 66.6 Å². The van der Waals surface area contributed by atoms with Crippen molar-refractivity contribution >= 4 is 17.5 Å². The van der Waals surface area contributed by atoms with Crippen LogP contribution >= 0.6 is 0 Å². The number of nitrogens with one attached hydrogen (secondary N) is 3. The number of anilines is 1. The molecule has 4 rings (SSSR count). The van der Waals surface area contributed by atoms with Gasteiger partial charge in [0, 0.05) is 30.5 Å². The molecule has 1 aliphatic rings. The smallest absolute Gasteiger partial charge is 0.269 e. The second kappa shape index (κ2) is 10.5. The monoisotopic (exact) mass is 490 g/mol. The summed E-state index contributed by atoms with van der Waals surface area (Å²) in [5.41, 5.74) is 4.86. The van der Waals surface area contributed by atoms with E-state index in [9.17, 15) is 9.59 Å². The molecule has 190 valence electrons. The van der Waals surface area contributed by atoms with Crippen LogP contribution in [0.5, 0.6) is 5.75 Å². The first-order chi connectivity index (χ1) is 17.2. The second-order valence-electron chi connectivity index (χ2n) is 10.2. The van der Waals surface area contributed by atoms with E-state index in [2.05, 4.69) is 41.6 Å². The van der Waals surface area contributed by atoms with E-state index in [1.165, 1.54) is 0 Å². The van der Waals surface area contributed by atoms with Crippen LogP contribution in [0.25, 0.3) is 11.3 Å². The minimum Gasteiger partial charge on any atom is -0.496 e. The number of aromatic amines is 1. The molecular weight excluding hydrogens is 456 g/mol. The molecule has 1 aliphatic heterocycles. The van der Waals surface area contributed by atoms with Crippen molar-refractivity contribution in [2.75, 3.05) is 25.6 Å². The maximum atomic E-state index is 13.2. The van der Waals surface area contributed by atoms with Gasteiger partial charge < -0.3 is 20.1 Å². The number of benzene rings is 2. The normalized spacial score (nSPS) is 14.4. The molecule has 1 fully saturated rings. The summed E-state index contributed by atoms with van der Waals surface area (Å²) in [6.45, 7) is 9.58. The number of rotatable bonds is 6. The maximum absolute atomic E-state index is 13.2. The van der Waals surface area contributed by atoms with Gasteiger partial charge in [-0.25, -0.2) is 0 Å². The fraction of sp³-hybridized carbons (Fsp3) is 0.393. The second-order valence-corrected chi connectivity index (χ2v) is 10.2. The number of hydrogen-bond donors (Lipinski definition) is 3. The molecule has 2 heterocycles. The van der Waals surface area contributed by atoms with Crippen LogP contribution in [0.3, 0.4) is 0 Å². The first-order valence-corrected chi connectivity index (χ1v) is 12.2. The van der Waals surface area contributed by atoms with E-state index < -0.39 is 0 Å². The van der Waals surface area contributed by atoms with Crippen LogP contribution in [-0.4, -0.2) is 48.4 Å². The van der Waals surface area contributed by atoms with Crippen LogP contribution in [0.4, 0.5) is 5.69 Å². The molecule has 36 heavy (non-hydrogen) atoms. The van der Waals surface area contributed by atoms with Crippen molar-refractivity contribution in [3.63, 3.8) is 0 Å². The quantitative estimate of drug-likeness (QED) is 0.458. The number of amides is 2. The standard InChI is InChI=1S/C28H34N4O4/c1-17-6-8-20(30-26(33)22-14-18(28(2,3)4)7-9-25(22)35-5)15-21(17)23-16-24(32-31-23)27(34)29-19-10-12-36-13-11-19/h6-9,14-16,19H,10-13H2,1-5H3,(H,29,34)(H,30,33)(H,31,32). The third-order valence-corrected chi connectivity index (χ3v) is 6.46. The van der Waals surface area contributed by atoms with Gasteiger partial charge in [0.05, 0.1) is 18.4 Å². The zero-order chi connectivity index (χ0) is 25.9. The molecule has 0 radical (unpaired) electrons. The Morgan fingerprint density at radius 2 is 1.81 bits per heavy atom. The first-order valence-electron chi connectivity index (χ1n) is 12.2. The van der Waals surface area contributed by atoms with Crippen LogP contribution in [0.15, 0.2) is 42.5 Å². The van der Waals surface area contributed by atoms with Crippen LogP contribution in [-0.2, 0) is 10.2 Å². The SMILES string of the molecule is COc1ccc(C(C)(C)C)cc1C(=O)Nc1ccc(C)c(-c2cc(C(=O)NC3CCOCC3)[nH]n2)c1. The van der Waals surface area contributed by atoms with E-state index in [4.69, 9.17) is 9.47 Å². The van der Waals surface area contributed by atoms with Crippen molar-refractivity contribution in [3.8, 4) is 17.0 Å². The minimum absolute atomic E-state index is 0.104. The summed E-state index contributed by atoms with van der Waals surface area (Å²) < 4.78 is 10.8. The topological polar surface area (TPSA) is 105 Å². The number of carbonyl (C=O) groups is 2. The molecule has 3 aromatic rings. The Kier molecular flexibility index (Phi) is 7.45. The number of hydrogen-bond acceptors (Lipinski definition) is 5. The number of aryl methyl sites for hydroxylation is 1. The van der Waals surface area contributed by atoms with E-state index >= 15 is 0 Å². The first kappa shape index (κ1) is 25.4. The van der Waals surface area contributed by atoms with Gasteiger partial charge in [-0.3, -0.25) is 14.7 Å². The fourth-order valence-electron chi connectivity index (χ4n) is 4.21. The molecule has 0 saturated carbocycles. The molecule has 1 aromatic heterocycles. The van der Waals surface area contributed by atoms with E-state index in [1.807, 2.05) is 43.3 Å². The summed E-state index contributed by atoms with van der Waals surface area (Å²) in [4.78, 5) is 25.9. The summed E-state index contributed by atoms with van der Waals surface area (Å²) in [6, 6.07) is 13.2. The highest BCUT2D eigenvalue weighted by molar-refractivity contribution is 6.06. The Labute approximate surface area is 211 Å². The van der Waals surface area contributed by atoms with Crippen molar-refractivity contribution in [1.29, 1.82) is 0 Å². The van der Waals surface area contributed by atoms with Crippen molar-refractivity contribution in [2.24, 2.45) is 0 Å². The number of aromatic nitrogens is 2. The Morgan fingerprint density at radius 1 is 1.06 bits per heavy atom. The molecule has 0 spiro atoms. The van der Waals surface area contributed by atoms with E-state index in [0.717, 1.165) is 29.5 Å². The van der Waals surface area contributed by atoms with Gasteiger partial charge in [0.1, 0.15) is 11.4 Å². The van der Waals surface area contributed by atoms with Gasteiger partial charge in [0.25, 0.3) is 11.8 Å². The van der Waals surface area contributed by atoms with E-state index in [1.54, 1.807) is 13.2 Å². The number of methoxy groups -OCH3 is 1. The summed E-state index contributed by atoms with van der Waals surface area (Å²) in [6.07, 6.45) is 1.61. The zero-order valence-corrected chi connectivity index (χ0v) is 21.5. The van der Waals surface area contributed by atoms with Gasteiger partial charge in [-0.1, -0.05) is 32.9 Å². The fourth-order valence-corrected chi connectivity index (χ4v) is 4.21. The predicted molar refractivity (Wildman–Crippen MR) is 140 cm³/mol. The lowest BCUT2D eigenvalue weighted by Gasteiger charge is -2.22. The molecule has 2 amide bonds. The average molecular weight is 491 g/mol. The largest absolute Gasteiger partial charge is 0.496 e. The van der Waals surface area contributed by atoms with Gasteiger partial charge in [0.15, 0.2) is 0 Å².